The van der Waals surface area contributed by atoms with Crippen LogP contribution >= 0.6 is 0 Å². The van der Waals surface area contributed by atoms with E-state index in [1.807, 2.05) is 0 Å². The topological polar surface area (TPSA) is 38.0 Å². The van der Waals surface area contributed by atoms with Crippen LogP contribution in [0.4, 0.5) is 0 Å². The van der Waals surface area contributed by atoms with Crippen molar-refractivity contribution in [3.05, 3.63) is 0 Å². The Kier molecular flexibility index (Phi) is 5.64. The molecule has 0 fully saturated rings. The van der Waals surface area contributed by atoms with Gasteiger partial charge in [-0.15, -0.1) is 0 Å². The highest BCUT2D eigenvalue weighted by Gasteiger charge is 2.03. The van der Waals surface area contributed by atoms with Gasteiger partial charge in [0.25, 0.3) is 0 Å². The van der Waals surface area contributed by atoms with Gasteiger partial charge in [0, 0.05) is 6.54 Å². The number of hydrazine groups is 1. The second-order valence-corrected chi connectivity index (χ2v) is 3.48. The van der Waals surface area contributed by atoms with Gasteiger partial charge in [0.2, 0.25) is 0 Å². The van der Waals surface area contributed by atoms with E-state index in [9.17, 15) is 0 Å². The highest BCUT2D eigenvalue weighted by Crippen LogP contribution is 2.13. The van der Waals surface area contributed by atoms with E-state index >= 15 is 0 Å². The third-order valence-electron chi connectivity index (χ3n) is 1.66. The Morgan fingerprint density at radius 1 is 1.30 bits per heavy atom. The average Bonchev–Trinajstić information content (AvgIpc) is 1.82. The fourth-order valence-electron chi connectivity index (χ4n) is 1.25. The monoisotopic (exact) mass is 144 g/mol. The minimum atomic E-state index is 0.802. The molecule has 3 N–H and O–H groups in total. The standard InChI is InChI=1S/C8H20N2/c1-7(2)6-8(3)4-5-10-9/h7-8,10H,4-6,9H2,1-3H3. The molecular formula is C8H20N2. The average molecular weight is 144 g/mol. The Balaban J connectivity index is 3.16. The van der Waals surface area contributed by atoms with E-state index in [-0.39, 0.29) is 0 Å². The summed E-state index contributed by atoms with van der Waals surface area (Å²) in [6.45, 7) is 7.73. The van der Waals surface area contributed by atoms with Gasteiger partial charge in [-0.1, -0.05) is 20.8 Å². The van der Waals surface area contributed by atoms with Crippen LogP contribution < -0.4 is 11.3 Å². The van der Waals surface area contributed by atoms with E-state index in [1.165, 1.54) is 12.8 Å². The molecule has 0 aromatic rings. The van der Waals surface area contributed by atoms with Crippen LogP contribution in [0.25, 0.3) is 0 Å². The van der Waals surface area contributed by atoms with E-state index in [4.69, 9.17) is 5.84 Å². The lowest BCUT2D eigenvalue weighted by atomic mass is 9.96. The molecule has 0 aliphatic heterocycles. The molecule has 2 nitrogen and oxygen atoms in total. The second-order valence-electron chi connectivity index (χ2n) is 3.48. The lowest BCUT2D eigenvalue weighted by Crippen LogP contribution is -2.24. The largest absolute Gasteiger partial charge is 0.271 e. The number of hydrogen-bond acceptors (Lipinski definition) is 2. The first-order valence-corrected chi connectivity index (χ1v) is 4.10. The van der Waals surface area contributed by atoms with Crippen LogP contribution in [0.2, 0.25) is 0 Å². The normalized spacial score (nSPS) is 14.1. The molecule has 0 aliphatic carbocycles. The number of hydrogen-bond donors (Lipinski definition) is 2. The van der Waals surface area contributed by atoms with Crippen molar-refractivity contribution in [2.75, 3.05) is 6.54 Å². The number of rotatable bonds is 5. The minimum absolute atomic E-state index is 0.802. The van der Waals surface area contributed by atoms with Crippen molar-refractivity contribution in [2.24, 2.45) is 17.7 Å². The summed E-state index contributed by atoms with van der Waals surface area (Å²) >= 11 is 0. The molecule has 1 unspecified atom stereocenters. The highest BCUT2D eigenvalue weighted by molar-refractivity contribution is 4.56. The number of nitrogens with two attached hydrogens (primary N) is 1. The van der Waals surface area contributed by atoms with Crippen molar-refractivity contribution >= 4 is 0 Å². The van der Waals surface area contributed by atoms with Gasteiger partial charge in [0.15, 0.2) is 0 Å². The van der Waals surface area contributed by atoms with Gasteiger partial charge in [-0.05, 0) is 24.7 Å². The van der Waals surface area contributed by atoms with Crippen molar-refractivity contribution in [2.45, 2.75) is 33.6 Å². The zero-order valence-electron chi connectivity index (χ0n) is 7.35. The van der Waals surface area contributed by atoms with Crippen LogP contribution in [0, 0.1) is 11.8 Å². The molecule has 0 heterocycles. The van der Waals surface area contributed by atoms with Crippen molar-refractivity contribution in [3.8, 4) is 0 Å². The van der Waals surface area contributed by atoms with Crippen LogP contribution in [0.3, 0.4) is 0 Å². The SMILES string of the molecule is CC(C)CC(C)CCNN. The summed E-state index contributed by atoms with van der Waals surface area (Å²) in [5, 5.41) is 0. The third-order valence-corrected chi connectivity index (χ3v) is 1.66. The van der Waals surface area contributed by atoms with Crippen LogP contribution in [0.1, 0.15) is 33.6 Å². The Labute approximate surface area is 64.2 Å². The van der Waals surface area contributed by atoms with Gasteiger partial charge in [-0.3, -0.25) is 11.3 Å². The first-order valence-electron chi connectivity index (χ1n) is 4.10. The van der Waals surface area contributed by atoms with Gasteiger partial charge in [-0.25, -0.2) is 0 Å². The van der Waals surface area contributed by atoms with E-state index in [0.717, 1.165) is 18.4 Å². The van der Waals surface area contributed by atoms with Gasteiger partial charge in [0.05, 0.1) is 0 Å². The van der Waals surface area contributed by atoms with Crippen LogP contribution in [-0.4, -0.2) is 6.54 Å². The molecule has 10 heavy (non-hydrogen) atoms. The molecule has 0 radical (unpaired) electrons. The minimum Gasteiger partial charge on any atom is -0.271 e. The molecular weight excluding hydrogens is 124 g/mol. The maximum Gasteiger partial charge on any atom is 0.00999 e. The van der Waals surface area contributed by atoms with E-state index < -0.39 is 0 Å². The van der Waals surface area contributed by atoms with Crippen LogP contribution in [-0.2, 0) is 0 Å². The summed E-state index contributed by atoms with van der Waals surface area (Å²) in [4.78, 5) is 0. The van der Waals surface area contributed by atoms with Gasteiger partial charge in [-0.2, -0.15) is 0 Å². The zero-order chi connectivity index (χ0) is 7.98. The van der Waals surface area contributed by atoms with Crippen molar-refractivity contribution < 1.29 is 0 Å². The molecule has 0 saturated carbocycles. The smallest absolute Gasteiger partial charge is 0.00999 e. The van der Waals surface area contributed by atoms with E-state index in [0.29, 0.717) is 0 Å². The molecule has 0 bridgehead atoms. The van der Waals surface area contributed by atoms with Gasteiger partial charge >= 0.3 is 0 Å². The Bertz CT molecular complexity index is 71.7. The predicted molar refractivity (Wildman–Crippen MR) is 45.4 cm³/mol. The Morgan fingerprint density at radius 3 is 2.30 bits per heavy atom. The molecule has 62 valence electrons. The summed E-state index contributed by atoms with van der Waals surface area (Å²) in [6, 6.07) is 0. The number of nitrogens with one attached hydrogen (secondary N) is 1. The first kappa shape index (κ1) is 9.92. The van der Waals surface area contributed by atoms with Gasteiger partial charge in [0.1, 0.15) is 0 Å². The fourth-order valence-corrected chi connectivity index (χ4v) is 1.25. The van der Waals surface area contributed by atoms with E-state index in [2.05, 4.69) is 26.2 Å². The lowest BCUT2D eigenvalue weighted by molar-refractivity contribution is 0.407. The van der Waals surface area contributed by atoms with E-state index in [1.54, 1.807) is 0 Å². The Morgan fingerprint density at radius 2 is 1.90 bits per heavy atom. The highest BCUT2D eigenvalue weighted by atomic mass is 15.2. The molecule has 0 aromatic carbocycles. The predicted octanol–water partition coefficient (Wildman–Crippen LogP) is 1.52. The molecule has 2 heteroatoms. The Hall–Kier alpha value is -0.0800. The van der Waals surface area contributed by atoms with Crippen molar-refractivity contribution in [3.63, 3.8) is 0 Å². The molecule has 0 aromatic heterocycles. The lowest BCUT2D eigenvalue weighted by Gasteiger charge is -2.12. The molecule has 0 aliphatic rings. The summed E-state index contributed by atoms with van der Waals surface area (Å²) in [7, 11) is 0. The van der Waals surface area contributed by atoms with Crippen LogP contribution in [0.5, 0.6) is 0 Å². The quantitative estimate of drug-likeness (QED) is 0.453. The zero-order valence-corrected chi connectivity index (χ0v) is 7.35. The summed E-state index contributed by atoms with van der Waals surface area (Å²) in [6.07, 6.45) is 2.50. The summed E-state index contributed by atoms with van der Waals surface area (Å²) in [5.74, 6) is 6.77. The maximum atomic E-state index is 5.16. The fraction of sp³-hybridized carbons (Fsp3) is 1.00. The molecule has 0 rings (SSSR count). The first-order chi connectivity index (χ1) is 4.66. The van der Waals surface area contributed by atoms with Crippen LogP contribution in [0.15, 0.2) is 0 Å². The van der Waals surface area contributed by atoms with Crippen molar-refractivity contribution in [1.29, 1.82) is 0 Å². The van der Waals surface area contributed by atoms with Gasteiger partial charge < -0.3 is 0 Å². The molecule has 0 saturated heterocycles. The second kappa shape index (κ2) is 5.69. The third kappa shape index (κ3) is 6.05. The molecule has 0 spiro atoms. The van der Waals surface area contributed by atoms with Crippen molar-refractivity contribution in [1.82, 2.24) is 5.43 Å². The maximum absolute atomic E-state index is 5.16. The molecule has 0 amide bonds. The summed E-state index contributed by atoms with van der Waals surface area (Å²) < 4.78 is 0. The molecule has 1 atom stereocenters. The summed E-state index contributed by atoms with van der Waals surface area (Å²) in [5.41, 5.74) is 2.67.